The molecule has 2 atom stereocenters. The third-order valence-corrected chi connectivity index (χ3v) is 3.82. The first kappa shape index (κ1) is 20.2. The average molecular weight is 387 g/mol. The monoisotopic (exact) mass is 387 g/mol. The van der Waals surface area contributed by atoms with Crippen LogP contribution in [0.4, 0.5) is 0 Å². The molecule has 0 saturated carbocycles. The summed E-state index contributed by atoms with van der Waals surface area (Å²) in [5, 5.41) is 71.8. The van der Waals surface area contributed by atoms with Gasteiger partial charge in [0.25, 0.3) is 0 Å². The zero-order valence-corrected chi connectivity index (χ0v) is 14.7. The Bertz CT molecular complexity index is 874. The van der Waals surface area contributed by atoms with E-state index in [-0.39, 0.29) is 12.2 Å². The van der Waals surface area contributed by atoms with Gasteiger partial charge < -0.3 is 45.4 Å². The van der Waals surface area contributed by atoms with Crippen LogP contribution in [0.3, 0.4) is 0 Å². The topological polar surface area (TPSA) is 192 Å². The Morgan fingerprint density at radius 3 is 1.85 bits per heavy atom. The van der Waals surface area contributed by atoms with E-state index in [1.807, 2.05) is 0 Å². The summed E-state index contributed by atoms with van der Waals surface area (Å²) in [5.41, 5.74) is -1.94. The highest BCUT2D eigenvalue weighted by molar-refractivity contribution is 5.69. The third kappa shape index (κ3) is 3.58. The number of aliphatic hydroxyl groups is 1. The highest BCUT2D eigenvalue weighted by Crippen LogP contribution is 2.54. The molecular weight excluding hydrogens is 366 g/mol. The summed E-state index contributed by atoms with van der Waals surface area (Å²) in [5.74, 6) is -6.54. The SMILES string of the molecule is CN(C)CC(O)OC(c1c(O)c(O)c(O)c(O)c1O)c1c(O)c(=O)[nH]n1C. The van der Waals surface area contributed by atoms with Crippen molar-refractivity contribution in [2.45, 2.75) is 12.4 Å². The number of ether oxygens (including phenoxy) is 1. The quantitative estimate of drug-likeness (QED) is 0.172. The van der Waals surface area contributed by atoms with Gasteiger partial charge in [-0.05, 0) is 14.1 Å². The molecule has 8 N–H and O–H groups in total. The summed E-state index contributed by atoms with van der Waals surface area (Å²) < 4.78 is 6.37. The van der Waals surface area contributed by atoms with E-state index in [4.69, 9.17) is 4.74 Å². The van der Waals surface area contributed by atoms with Crippen molar-refractivity contribution in [2.75, 3.05) is 20.6 Å². The van der Waals surface area contributed by atoms with E-state index in [0.29, 0.717) is 0 Å². The van der Waals surface area contributed by atoms with Crippen molar-refractivity contribution in [3.05, 3.63) is 21.6 Å². The summed E-state index contributed by atoms with van der Waals surface area (Å²) in [6.07, 6.45) is -3.26. The molecule has 0 amide bonds. The van der Waals surface area contributed by atoms with Gasteiger partial charge in [0.15, 0.2) is 17.8 Å². The molecule has 12 heteroatoms. The maximum atomic E-state index is 11.7. The molecule has 0 fully saturated rings. The lowest BCUT2D eigenvalue weighted by Gasteiger charge is -2.26. The fraction of sp³-hybridized carbons (Fsp3) is 0.400. The van der Waals surface area contributed by atoms with Crippen LogP contribution in [-0.4, -0.2) is 77.4 Å². The van der Waals surface area contributed by atoms with Gasteiger partial charge in [0, 0.05) is 13.6 Å². The number of aliphatic hydroxyl groups excluding tert-OH is 1. The Morgan fingerprint density at radius 1 is 0.963 bits per heavy atom. The largest absolute Gasteiger partial charge is 0.504 e. The fourth-order valence-electron chi connectivity index (χ4n) is 2.57. The lowest BCUT2D eigenvalue weighted by Crippen LogP contribution is -2.30. The molecule has 0 radical (unpaired) electrons. The van der Waals surface area contributed by atoms with E-state index in [1.54, 1.807) is 19.0 Å². The van der Waals surface area contributed by atoms with E-state index in [1.165, 1.54) is 7.05 Å². The zero-order valence-electron chi connectivity index (χ0n) is 14.7. The van der Waals surface area contributed by atoms with Gasteiger partial charge in [-0.3, -0.25) is 14.6 Å². The number of aromatic amines is 1. The first-order chi connectivity index (χ1) is 12.5. The van der Waals surface area contributed by atoms with Crippen LogP contribution in [0.1, 0.15) is 17.4 Å². The number of aromatic nitrogens is 2. The molecule has 1 aromatic heterocycles. The van der Waals surface area contributed by atoms with Crippen molar-refractivity contribution in [1.29, 1.82) is 0 Å². The molecule has 0 aliphatic heterocycles. The second-order valence-electron chi connectivity index (χ2n) is 6.12. The van der Waals surface area contributed by atoms with Gasteiger partial charge in [-0.2, -0.15) is 0 Å². The summed E-state index contributed by atoms with van der Waals surface area (Å²) >= 11 is 0. The molecule has 2 aromatic rings. The predicted octanol–water partition coefficient (Wildman–Crippen LogP) is -1.07. The molecular formula is C15H21N3O9. The fourth-order valence-corrected chi connectivity index (χ4v) is 2.57. The summed E-state index contributed by atoms with van der Waals surface area (Å²) in [6, 6.07) is 0. The average Bonchev–Trinajstić information content (AvgIpc) is 2.82. The van der Waals surface area contributed by atoms with E-state index in [9.17, 15) is 40.5 Å². The molecule has 0 aliphatic rings. The molecule has 1 aromatic carbocycles. The van der Waals surface area contributed by atoms with Crippen molar-refractivity contribution in [2.24, 2.45) is 7.05 Å². The minimum absolute atomic E-state index is 0.0484. The number of nitrogens with zero attached hydrogens (tertiary/aromatic N) is 2. The number of H-pyrrole nitrogens is 1. The number of phenols is 5. The summed E-state index contributed by atoms with van der Waals surface area (Å²) in [4.78, 5) is 13.2. The highest BCUT2D eigenvalue weighted by Gasteiger charge is 2.35. The van der Waals surface area contributed by atoms with Crippen LogP contribution in [-0.2, 0) is 11.8 Å². The molecule has 0 spiro atoms. The van der Waals surface area contributed by atoms with Crippen LogP contribution in [0.5, 0.6) is 34.5 Å². The first-order valence-electron chi connectivity index (χ1n) is 7.62. The Labute approximate surface area is 152 Å². The van der Waals surface area contributed by atoms with Crippen molar-refractivity contribution in [3.63, 3.8) is 0 Å². The molecule has 0 aliphatic carbocycles. The normalized spacial score (nSPS) is 13.8. The maximum absolute atomic E-state index is 11.7. The van der Waals surface area contributed by atoms with Gasteiger partial charge in [-0.1, -0.05) is 0 Å². The van der Waals surface area contributed by atoms with Crippen molar-refractivity contribution < 1.29 is 40.5 Å². The smallest absolute Gasteiger partial charge is 0.306 e. The molecule has 0 bridgehead atoms. The lowest BCUT2D eigenvalue weighted by molar-refractivity contribution is -0.136. The second kappa shape index (κ2) is 7.26. The Morgan fingerprint density at radius 2 is 1.44 bits per heavy atom. The van der Waals surface area contributed by atoms with Crippen molar-refractivity contribution in [1.82, 2.24) is 14.7 Å². The number of nitrogens with one attached hydrogen (secondary N) is 1. The van der Waals surface area contributed by atoms with E-state index >= 15 is 0 Å². The van der Waals surface area contributed by atoms with Gasteiger partial charge in [-0.25, -0.2) is 0 Å². The third-order valence-electron chi connectivity index (χ3n) is 3.82. The van der Waals surface area contributed by atoms with Gasteiger partial charge >= 0.3 is 5.56 Å². The van der Waals surface area contributed by atoms with Crippen LogP contribution < -0.4 is 5.56 Å². The van der Waals surface area contributed by atoms with Gasteiger partial charge in [0.2, 0.25) is 23.0 Å². The van der Waals surface area contributed by atoms with E-state index in [0.717, 1.165) is 4.68 Å². The number of hydrogen-bond donors (Lipinski definition) is 8. The summed E-state index contributed by atoms with van der Waals surface area (Å²) in [6.45, 7) is -0.0484. The van der Waals surface area contributed by atoms with Crippen LogP contribution in [0.2, 0.25) is 0 Å². The van der Waals surface area contributed by atoms with Crippen molar-refractivity contribution in [3.8, 4) is 34.5 Å². The molecule has 27 heavy (non-hydrogen) atoms. The first-order valence-corrected chi connectivity index (χ1v) is 7.62. The summed E-state index contributed by atoms with van der Waals surface area (Å²) in [7, 11) is 4.55. The van der Waals surface area contributed by atoms with Crippen LogP contribution >= 0.6 is 0 Å². The van der Waals surface area contributed by atoms with Gasteiger partial charge in [0.05, 0.1) is 5.56 Å². The minimum Gasteiger partial charge on any atom is -0.504 e. The number of hydrogen-bond acceptors (Lipinski definition) is 10. The number of aromatic hydroxyl groups is 6. The molecule has 12 nitrogen and oxygen atoms in total. The number of aryl methyl sites for hydroxylation is 1. The standard InChI is InChI=1S/C15H21N3O9/c1-17(2)4-5(19)27-14(7-10(22)15(26)16-18(7)3)6-8(20)11(23)13(25)12(24)9(6)21/h5,14,19-25H,4H2,1-3H3,(H,16,26). The molecule has 2 rings (SSSR count). The van der Waals surface area contributed by atoms with Gasteiger partial charge in [0.1, 0.15) is 11.8 Å². The number of likely N-dealkylation sites (N-methyl/N-ethyl adjacent to an activating group) is 1. The molecule has 150 valence electrons. The maximum Gasteiger partial charge on any atom is 0.306 e. The molecule has 1 heterocycles. The highest BCUT2D eigenvalue weighted by atomic mass is 16.6. The minimum atomic E-state index is -1.72. The predicted molar refractivity (Wildman–Crippen MR) is 90.0 cm³/mol. The molecule has 2 unspecified atom stereocenters. The van der Waals surface area contributed by atoms with E-state index < -0.39 is 58.0 Å². The van der Waals surface area contributed by atoms with E-state index in [2.05, 4.69) is 5.10 Å². The Hall–Kier alpha value is -3.09. The molecule has 0 saturated heterocycles. The van der Waals surface area contributed by atoms with Crippen LogP contribution in [0.25, 0.3) is 0 Å². The number of benzene rings is 1. The zero-order chi connectivity index (χ0) is 20.6. The van der Waals surface area contributed by atoms with Crippen molar-refractivity contribution >= 4 is 0 Å². The van der Waals surface area contributed by atoms with Gasteiger partial charge in [-0.15, -0.1) is 0 Å². The Balaban J connectivity index is 2.73. The Kier molecular flexibility index (Phi) is 5.44. The second-order valence-corrected chi connectivity index (χ2v) is 6.12. The van der Waals surface area contributed by atoms with Crippen LogP contribution in [0, 0.1) is 0 Å². The van der Waals surface area contributed by atoms with Crippen LogP contribution in [0.15, 0.2) is 4.79 Å². The number of phenolic OH excluding ortho intramolecular Hbond substituents is 5. The number of rotatable bonds is 6. The lowest BCUT2D eigenvalue weighted by atomic mass is 10.0.